The molecule has 0 aliphatic heterocycles. The Morgan fingerprint density at radius 3 is 1.48 bits per heavy atom. The standard InChI is InChI=1S/C20H13Cl5N4O2/c21-10-1-6-17(28-19(30)26-11-2-4-13(22)15(24)8-11)18(7-10)29-20(31)27-12-3-5-14(23)16(25)9-12/h1-9H,(H2,26,28,30)(H2,27,29,31). The summed E-state index contributed by atoms with van der Waals surface area (Å²) in [7, 11) is 0. The van der Waals surface area contributed by atoms with Gasteiger partial charge in [0.05, 0.1) is 31.5 Å². The summed E-state index contributed by atoms with van der Waals surface area (Å²) in [6, 6.07) is 12.8. The van der Waals surface area contributed by atoms with E-state index in [9.17, 15) is 9.59 Å². The van der Waals surface area contributed by atoms with Crippen LogP contribution in [0.3, 0.4) is 0 Å². The first-order valence-corrected chi connectivity index (χ1v) is 10.5. The van der Waals surface area contributed by atoms with Crippen LogP contribution in [-0.4, -0.2) is 12.1 Å². The molecule has 4 amide bonds. The van der Waals surface area contributed by atoms with E-state index in [2.05, 4.69) is 21.3 Å². The minimum absolute atomic E-state index is 0.273. The zero-order chi connectivity index (χ0) is 22.5. The van der Waals surface area contributed by atoms with E-state index in [1.807, 2.05) is 0 Å². The molecule has 11 heteroatoms. The molecule has 0 radical (unpaired) electrons. The maximum atomic E-state index is 12.4. The van der Waals surface area contributed by atoms with Gasteiger partial charge in [-0.2, -0.15) is 0 Å². The summed E-state index contributed by atoms with van der Waals surface area (Å²) in [5.74, 6) is 0. The van der Waals surface area contributed by atoms with Crippen LogP contribution in [0.5, 0.6) is 0 Å². The topological polar surface area (TPSA) is 82.3 Å². The fraction of sp³-hybridized carbons (Fsp3) is 0. The number of hydrogen-bond acceptors (Lipinski definition) is 2. The van der Waals surface area contributed by atoms with Gasteiger partial charge < -0.3 is 21.3 Å². The lowest BCUT2D eigenvalue weighted by Crippen LogP contribution is -2.23. The molecule has 0 aromatic heterocycles. The minimum atomic E-state index is -0.575. The van der Waals surface area contributed by atoms with Crippen molar-refractivity contribution in [2.45, 2.75) is 0 Å². The lowest BCUT2D eigenvalue weighted by molar-refractivity contribution is 0.261. The maximum Gasteiger partial charge on any atom is 0.323 e. The number of hydrogen-bond donors (Lipinski definition) is 4. The summed E-state index contributed by atoms with van der Waals surface area (Å²) < 4.78 is 0. The summed E-state index contributed by atoms with van der Waals surface area (Å²) in [4.78, 5) is 24.8. The largest absolute Gasteiger partial charge is 0.323 e. The minimum Gasteiger partial charge on any atom is -0.308 e. The van der Waals surface area contributed by atoms with Gasteiger partial charge in [0.25, 0.3) is 0 Å². The maximum absolute atomic E-state index is 12.4. The highest BCUT2D eigenvalue weighted by Gasteiger charge is 2.12. The third kappa shape index (κ3) is 6.56. The van der Waals surface area contributed by atoms with Crippen LogP contribution in [-0.2, 0) is 0 Å². The third-order valence-electron chi connectivity index (χ3n) is 3.83. The second-order valence-electron chi connectivity index (χ2n) is 6.11. The van der Waals surface area contributed by atoms with Gasteiger partial charge in [-0.25, -0.2) is 9.59 Å². The van der Waals surface area contributed by atoms with E-state index in [1.165, 1.54) is 18.2 Å². The van der Waals surface area contributed by atoms with Gasteiger partial charge in [-0.15, -0.1) is 0 Å². The molecule has 0 fully saturated rings. The van der Waals surface area contributed by atoms with Gasteiger partial charge in [-0.3, -0.25) is 0 Å². The highest BCUT2D eigenvalue weighted by molar-refractivity contribution is 6.42. The molecular formula is C20H13Cl5N4O2. The van der Waals surface area contributed by atoms with Crippen molar-refractivity contribution in [3.05, 3.63) is 79.7 Å². The van der Waals surface area contributed by atoms with Crippen molar-refractivity contribution in [1.29, 1.82) is 0 Å². The number of anilines is 4. The molecule has 0 heterocycles. The highest BCUT2D eigenvalue weighted by Crippen LogP contribution is 2.29. The van der Waals surface area contributed by atoms with Crippen molar-refractivity contribution in [2.24, 2.45) is 0 Å². The first kappa shape index (κ1) is 23.3. The molecule has 31 heavy (non-hydrogen) atoms. The van der Waals surface area contributed by atoms with Crippen molar-refractivity contribution >= 4 is 92.8 Å². The average Bonchev–Trinajstić information content (AvgIpc) is 2.69. The summed E-state index contributed by atoms with van der Waals surface area (Å²) in [5.41, 5.74) is 1.45. The number of amides is 4. The van der Waals surface area contributed by atoms with Gasteiger partial charge in [0, 0.05) is 16.4 Å². The fourth-order valence-corrected chi connectivity index (χ4v) is 3.21. The van der Waals surface area contributed by atoms with Crippen LogP contribution in [0.15, 0.2) is 54.6 Å². The molecule has 0 bridgehead atoms. The van der Waals surface area contributed by atoms with Crippen LogP contribution in [0.4, 0.5) is 32.3 Å². The van der Waals surface area contributed by atoms with Crippen LogP contribution in [0.2, 0.25) is 25.1 Å². The lowest BCUT2D eigenvalue weighted by Gasteiger charge is -2.14. The summed E-state index contributed by atoms with van der Waals surface area (Å²) in [5, 5.41) is 12.2. The number of urea groups is 2. The molecule has 0 saturated heterocycles. The van der Waals surface area contributed by atoms with Crippen molar-refractivity contribution in [3.63, 3.8) is 0 Å². The molecule has 3 aromatic carbocycles. The van der Waals surface area contributed by atoms with Crippen LogP contribution in [0.1, 0.15) is 0 Å². The fourth-order valence-electron chi connectivity index (χ4n) is 2.45. The predicted molar refractivity (Wildman–Crippen MR) is 130 cm³/mol. The van der Waals surface area contributed by atoms with E-state index in [1.54, 1.807) is 36.4 Å². The Kier molecular flexibility index (Phi) is 7.75. The van der Waals surface area contributed by atoms with Gasteiger partial charge in [0.1, 0.15) is 0 Å². The smallest absolute Gasteiger partial charge is 0.308 e. The zero-order valence-corrected chi connectivity index (χ0v) is 19.2. The Bertz CT molecular complexity index is 1160. The first-order valence-electron chi connectivity index (χ1n) is 8.57. The van der Waals surface area contributed by atoms with E-state index in [0.29, 0.717) is 42.2 Å². The monoisotopic (exact) mass is 516 g/mol. The predicted octanol–water partition coefficient (Wildman–Crippen LogP) is 8.24. The van der Waals surface area contributed by atoms with E-state index in [0.717, 1.165) is 0 Å². The Balaban J connectivity index is 1.70. The van der Waals surface area contributed by atoms with E-state index < -0.39 is 12.1 Å². The van der Waals surface area contributed by atoms with Crippen LogP contribution < -0.4 is 21.3 Å². The molecule has 0 aliphatic carbocycles. The summed E-state index contributed by atoms with van der Waals surface area (Å²) in [6.45, 7) is 0. The Morgan fingerprint density at radius 2 is 1.00 bits per heavy atom. The van der Waals surface area contributed by atoms with Crippen LogP contribution >= 0.6 is 58.0 Å². The van der Waals surface area contributed by atoms with Gasteiger partial charge >= 0.3 is 12.1 Å². The Labute approximate surface area is 202 Å². The van der Waals surface area contributed by atoms with Crippen molar-refractivity contribution in [3.8, 4) is 0 Å². The number of halogens is 5. The SMILES string of the molecule is O=C(Nc1ccc(Cl)c(Cl)c1)Nc1ccc(Cl)cc1NC(=O)Nc1ccc(Cl)c(Cl)c1. The zero-order valence-electron chi connectivity index (χ0n) is 15.4. The lowest BCUT2D eigenvalue weighted by atomic mass is 10.2. The highest BCUT2D eigenvalue weighted by atomic mass is 35.5. The second kappa shape index (κ2) is 10.3. The number of benzene rings is 3. The molecule has 4 N–H and O–H groups in total. The molecular weight excluding hydrogens is 506 g/mol. The molecule has 0 unspecified atom stereocenters. The normalized spacial score (nSPS) is 10.4. The molecule has 0 spiro atoms. The van der Waals surface area contributed by atoms with Crippen molar-refractivity contribution in [1.82, 2.24) is 0 Å². The number of nitrogens with one attached hydrogen (secondary N) is 4. The average molecular weight is 519 g/mol. The molecule has 0 saturated carbocycles. The van der Waals surface area contributed by atoms with Crippen LogP contribution in [0, 0.1) is 0 Å². The molecule has 0 atom stereocenters. The Hall–Kier alpha value is -2.35. The van der Waals surface area contributed by atoms with Crippen LogP contribution in [0.25, 0.3) is 0 Å². The second-order valence-corrected chi connectivity index (χ2v) is 8.17. The first-order chi connectivity index (χ1) is 14.7. The Morgan fingerprint density at radius 1 is 0.516 bits per heavy atom. The van der Waals surface area contributed by atoms with E-state index in [-0.39, 0.29) is 5.69 Å². The number of carbonyl (C=O) groups excluding carboxylic acids is 2. The molecule has 160 valence electrons. The number of rotatable bonds is 4. The molecule has 3 rings (SSSR count). The van der Waals surface area contributed by atoms with Gasteiger partial charge in [-0.1, -0.05) is 58.0 Å². The third-order valence-corrected chi connectivity index (χ3v) is 5.55. The van der Waals surface area contributed by atoms with Crippen molar-refractivity contribution < 1.29 is 9.59 Å². The van der Waals surface area contributed by atoms with Gasteiger partial charge in [0.15, 0.2) is 0 Å². The van der Waals surface area contributed by atoms with Gasteiger partial charge in [0.2, 0.25) is 0 Å². The number of carbonyl (C=O) groups is 2. The van der Waals surface area contributed by atoms with Gasteiger partial charge in [-0.05, 0) is 54.6 Å². The summed E-state index contributed by atoms with van der Waals surface area (Å²) in [6.07, 6.45) is 0. The van der Waals surface area contributed by atoms with E-state index in [4.69, 9.17) is 58.0 Å². The molecule has 3 aromatic rings. The quantitative estimate of drug-likeness (QED) is 0.280. The summed E-state index contributed by atoms with van der Waals surface area (Å²) >= 11 is 29.7. The van der Waals surface area contributed by atoms with E-state index >= 15 is 0 Å². The molecule has 0 aliphatic rings. The molecule has 6 nitrogen and oxygen atoms in total. The van der Waals surface area contributed by atoms with Crippen molar-refractivity contribution in [2.75, 3.05) is 21.3 Å².